The van der Waals surface area contributed by atoms with Gasteiger partial charge in [0.25, 0.3) is 0 Å². The number of hydrogen-bond acceptors (Lipinski definition) is 0. The van der Waals surface area contributed by atoms with Crippen LogP contribution in [0.4, 0.5) is 5.69 Å². The quantitative estimate of drug-likeness (QED) is 0.421. The predicted octanol–water partition coefficient (Wildman–Crippen LogP) is 4.91. The summed E-state index contributed by atoms with van der Waals surface area (Å²) < 4.78 is 3.19. The van der Waals surface area contributed by atoms with Gasteiger partial charge in [-0.3, -0.25) is 0 Å². The van der Waals surface area contributed by atoms with Crippen LogP contribution in [0, 0.1) is 6.57 Å². The molecule has 0 radical (unpaired) electrons. The van der Waals surface area contributed by atoms with E-state index in [-0.39, 0.29) is 0 Å². The molecule has 0 unspecified atom stereocenters. The van der Waals surface area contributed by atoms with Crippen LogP contribution in [0.1, 0.15) is 0 Å². The third-order valence-electron chi connectivity index (χ3n) is 2.50. The number of hydrogen-bond donors (Lipinski definition) is 0. The average molecular weight is 354 g/mol. The van der Waals surface area contributed by atoms with Crippen molar-refractivity contribution in [1.82, 2.24) is 4.57 Å². The van der Waals surface area contributed by atoms with Crippen LogP contribution >= 0.6 is 31.9 Å². The highest BCUT2D eigenvalue weighted by molar-refractivity contribution is 9.10. The Morgan fingerprint density at radius 1 is 1.35 bits per heavy atom. The summed E-state index contributed by atoms with van der Waals surface area (Å²) in [5, 5.41) is 1.96. The SMILES string of the molecule is [C-]#[N+]c1ccc2c(c1)c(Br)cn2C/C=C/CBr. The maximum absolute atomic E-state index is 7.02. The Kier molecular flexibility index (Phi) is 4.03. The van der Waals surface area contributed by atoms with E-state index in [1.807, 2.05) is 18.2 Å². The van der Waals surface area contributed by atoms with Crippen molar-refractivity contribution < 1.29 is 0 Å². The van der Waals surface area contributed by atoms with Gasteiger partial charge in [-0.05, 0) is 28.1 Å². The summed E-state index contributed by atoms with van der Waals surface area (Å²) >= 11 is 6.89. The zero-order valence-corrected chi connectivity index (χ0v) is 12.2. The number of nitrogens with zero attached hydrogens (tertiary/aromatic N) is 2. The molecular formula is C13H10Br2N2. The lowest BCUT2D eigenvalue weighted by Gasteiger charge is -2.00. The standard InChI is InChI=1S/C13H10Br2N2/c1-16-10-4-5-13-11(8-10)12(15)9-17(13)7-3-2-6-14/h2-5,8-9H,6-7H2/b3-2+. The molecule has 1 aromatic carbocycles. The first-order valence-corrected chi connectivity index (χ1v) is 7.04. The Hall–Kier alpha value is -1.05. The second-order valence-corrected chi connectivity index (χ2v) is 5.07. The molecule has 2 rings (SSSR count). The van der Waals surface area contributed by atoms with Crippen molar-refractivity contribution in [2.75, 3.05) is 5.33 Å². The smallest absolute Gasteiger partial charge is 0.188 e. The van der Waals surface area contributed by atoms with E-state index in [0.29, 0.717) is 5.69 Å². The first-order chi connectivity index (χ1) is 8.26. The summed E-state index contributed by atoms with van der Waals surface area (Å²) in [4.78, 5) is 3.45. The fourth-order valence-electron chi connectivity index (χ4n) is 1.71. The van der Waals surface area contributed by atoms with Gasteiger partial charge in [0, 0.05) is 33.4 Å². The second-order valence-electron chi connectivity index (χ2n) is 3.57. The maximum atomic E-state index is 7.02. The topological polar surface area (TPSA) is 9.29 Å². The number of benzene rings is 1. The zero-order valence-electron chi connectivity index (χ0n) is 9.03. The molecule has 0 aliphatic heterocycles. The molecule has 0 bridgehead atoms. The molecule has 2 aromatic rings. The molecule has 0 saturated heterocycles. The molecule has 86 valence electrons. The van der Waals surface area contributed by atoms with Gasteiger partial charge in [0.05, 0.1) is 6.57 Å². The average Bonchev–Trinajstić information content (AvgIpc) is 2.66. The van der Waals surface area contributed by atoms with E-state index in [0.717, 1.165) is 27.3 Å². The monoisotopic (exact) mass is 352 g/mol. The van der Waals surface area contributed by atoms with E-state index < -0.39 is 0 Å². The summed E-state index contributed by atoms with van der Waals surface area (Å²) in [5.41, 5.74) is 1.82. The largest absolute Gasteiger partial charge is 0.343 e. The first-order valence-electron chi connectivity index (χ1n) is 5.13. The number of rotatable bonds is 3. The van der Waals surface area contributed by atoms with Crippen LogP contribution in [0.5, 0.6) is 0 Å². The lowest BCUT2D eigenvalue weighted by molar-refractivity contribution is 0.861. The van der Waals surface area contributed by atoms with Crippen LogP contribution in [0.15, 0.2) is 41.0 Å². The molecule has 0 amide bonds. The van der Waals surface area contributed by atoms with E-state index in [2.05, 4.69) is 59.6 Å². The van der Waals surface area contributed by atoms with Crippen LogP contribution in [0.3, 0.4) is 0 Å². The van der Waals surface area contributed by atoms with Gasteiger partial charge in [-0.15, -0.1) is 0 Å². The highest BCUT2D eigenvalue weighted by Gasteiger charge is 2.06. The minimum atomic E-state index is 0.673. The van der Waals surface area contributed by atoms with Gasteiger partial charge in [-0.2, -0.15) is 0 Å². The Balaban J connectivity index is 2.46. The summed E-state index contributed by atoms with van der Waals surface area (Å²) in [7, 11) is 0. The third-order valence-corrected chi connectivity index (χ3v) is 3.51. The van der Waals surface area contributed by atoms with E-state index in [9.17, 15) is 0 Å². The minimum absolute atomic E-state index is 0.673. The van der Waals surface area contributed by atoms with Crippen molar-refractivity contribution in [3.05, 3.63) is 52.4 Å². The maximum Gasteiger partial charge on any atom is 0.188 e. The summed E-state index contributed by atoms with van der Waals surface area (Å²) in [6.07, 6.45) is 6.24. The van der Waals surface area contributed by atoms with E-state index in [1.54, 1.807) is 0 Å². The molecule has 0 saturated carbocycles. The zero-order chi connectivity index (χ0) is 12.3. The molecule has 0 aliphatic rings. The number of halogens is 2. The summed E-state index contributed by atoms with van der Waals surface area (Å²) in [6.45, 7) is 7.86. The predicted molar refractivity (Wildman–Crippen MR) is 78.8 cm³/mol. The third kappa shape index (κ3) is 2.62. The summed E-state index contributed by atoms with van der Waals surface area (Å²) in [5.74, 6) is 0. The molecule has 17 heavy (non-hydrogen) atoms. The molecule has 1 aromatic heterocycles. The van der Waals surface area contributed by atoms with Crippen LogP contribution < -0.4 is 0 Å². The van der Waals surface area contributed by atoms with Gasteiger partial charge < -0.3 is 4.57 Å². The lowest BCUT2D eigenvalue weighted by atomic mass is 10.2. The molecule has 4 heteroatoms. The molecule has 0 aliphatic carbocycles. The molecule has 0 spiro atoms. The van der Waals surface area contributed by atoms with Gasteiger partial charge in [0.2, 0.25) is 0 Å². The second kappa shape index (κ2) is 5.52. The van der Waals surface area contributed by atoms with Gasteiger partial charge in [-0.1, -0.05) is 34.1 Å². The highest BCUT2D eigenvalue weighted by Crippen LogP contribution is 2.29. The summed E-state index contributed by atoms with van der Waals surface area (Å²) in [6, 6.07) is 5.76. The molecule has 1 heterocycles. The van der Waals surface area contributed by atoms with Gasteiger partial charge >= 0.3 is 0 Å². The Labute approximate surface area is 117 Å². The first kappa shape index (κ1) is 12.4. The van der Waals surface area contributed by atoms with Crippen molar-refractivity contribution in [3.8, 4) is 0 Å². The number of allylic oxidation sites excluding steroid dienone is 2. The number of fused-ring (bicyclic) bond motifs is 1. The molecule has 0 N–H and O–H groups in total. The fraction of sp³-hybridized carbons (Fsp3) is 0.154. The van der Waals surface area contributed by atoms with Crippen molar-refractivity contribution >= 4 is 48.5 Å². The van der Waals surface area contributed by atoms with Crippen molar-refractivity contribution in [3.63, 3.8) is 0 Å². The fourth-order valence-corrected chi connectivity index (χ4v) is 2.54. The van der Waals surface area contributed by atoms with Gasteiger partial charge in [-0.25, -0.2) is 4.85 Å². The Bertz CT molecular complexity index is 606. The molecule has 2 nitrogen and oxygen atoms in total. The van der Waals surface area contributed by atoms with Crippen LogP contribution in [-0.4, -0.2) is 9.90 Å². The minimum Gasteiger partial charge on any atom is -0.343 e. The Morgan fingerprint density at radius 2 is 2.18 bits per heavy atom. The van der Waals surface area contributed by atoms with E-state index in [4.69, 9.17) is 6.57 Å². The molecule has 0 fully saturated rings. The normalized spacial score (nSPS) is 11.1. The Morgan fingerprint density at radius 3 is 2.88 bits per heavy atom. The van der Waals surface area contributed by atoms with Crippen LogP contribution in [0.2, 0.25) is 0 Å². The van der Waals surface area contributed by atoms with Crippen molar-refractivity contribution in [2.45, 2.75) is 6.54 Å². The van der Waals surface area contributed by atoms with Crippen LogP contribution in [0.25, 0.3) is 15.7 Å². The van der Waals surface area contributed by atoms with E-state index in [1.165, 1.54) is 0 Å². The highest BCUT2D eigenvalue weighted by atomic mass is 79.9. The molecule has 0 atom stereocenters. The van der Waals surface area contributed by atoms with Crippen molar-refractivity contribution in [2.24, 2.45) is 0 Å². The van der Waals surface area contributed by atoms with Crippen LogP contribution in [-0.2, 0) is 6.54 Å². The van der Waals surface area contributed by atoms with Crippen molar-refractivity contribution in [1.29, 1.82) is 0 Å². The van der Waals surface area contributed by atoms with E-state index >= 15 is 0 Å². The molecular weight excluding hydrogens is 344 g/mol. The van der Waals surface area contributed by atoms with Gasteiger partial charge in [0.1, 0.15) is 0 Å². The van der Waals surface area contributed by atoms with Gasteiger partial charge in [0.15, 0.2) is 5.69 Å². The number of alkyl halides is 1. The number of aromatic nitrogens is 1. The lowest BCUT2D eigenvalue weighted by Crippen LogP contribution is -1.91.